The SMILES string of the molecule is CC(C)(C)OC(=O)NC(CO)c1nc(C(=O)O)n[nH]1. The minimum atomic E-state index is -1.31. The van der Waals surface area contributed by atoms with E-state index in [4.69, 9.17) is 14.9 Å². The van der Waals surface area contributed by atoms with Gasteiger partial charge in [0.2, 0.25) is 0 Å². The van der Waals surface area contributed by atoms with E-state index in [0.717, 1.165) is 0 Å². The topological polar surface area (TPSA) is 137 Å². The molecule has 19 heavy (non-hydrogen) atoms. The number of nitrogens with one attached hydrogen (secondary N) is 2. The van der Waals surface area contributed by atoms with E-state index in [0.29, 0.717) is 0 Å². The average molecular weight is 272 g/mol. The van der Waals surface area contributed by atoms with Crippen molar-refractivity contribution in [1.29, 1.82) is 0 Å². The summed E-state index contributed by atoms with van der Waals surface area (Å²) in [6.45, 7) is 4.60. The predicted molar refractivity (Wildman–Crippen MR) is 62.5 cm³/mol. The van der Waals surface area contributed by atoms with Crippen molar-refractivity contribution < 1.29 is 24.5 Å². The Morgan fingerprint density at radius 2 is 2.11 bits per heavy atom. The number of aliphatic hydroxyl groups is 1. The summed E-state index contributed by atoms with van der Waals surface area (Å²) >= 11 is 0. The Hall–Kier alpha value is -2.16. The van der Waals surface area contributed by atoms with E-state index in [2.05, 4.69) is 20.5 Å². The van der Waals surface area contributed by atoms with Gasteiger partial charge in [-0.25, -0.2) is 14.6 Å². The molecule has 1 atom stereocenters. The molecule has 0 radical (unpaired) electrons. The number of aromatic nitrogens is 3. The molecule has 106 valence electrons. The number of nitrogens with zero attached hydrogens (tertiary/aromatic N) is 2. The first kappa shape index (κ1) is 14.9. The summed E-state index contributed by atoms with van der Waals surface area (Å²) in [4.78, 5) is 25.8. The van der Waals surface area contributed by atoms with Gasteiger partial charge in [-0.2, -0.15) is 0 Å². The molecule has 0 aromatic carbocycles. The summed E-state index contributed by atoms with van der Waals surface area (Å²) in [5.74, 6) is -1.72. The molecular formula is C10H16N4O5. The number of aromatic carboxylic acids is 1. The standard InChI is InChI=1S/C10H16N4O5/c1-10(2,3)19-9(18)11-5(4-15)6-12-7(8(16)17)14-13-6/h5,15H,4H2,1-3H3,(H,11,18)(H,16,17)(H,12,13,14). The number of hydrogen-bond donors (Lipinski definition) is 4. The zero-order chi connectivity index (χ0) is 14.6. The highest BCUT2D eigenvalue weighted by Crippen LogP contribution is 2.11. The van der Waals surface area contributed by atoms with Crippen LogP contribution in [0.2, 0.25) is 0 Å². The van der Waals surface area contributed by atoms with Gasteiger partial charge in [0.15, 0.2) is 0 Å². The molecule has 9 heteroatoms. The summed E-state index contributed by atoms with van der Waals surface area (Å²) < 4.78 is 5.01. The van der Waals surface area contributed by atoms with Crippen molar-refractivity contribution >= 4 is 12.1 Å². The Labute approximate surface area is 109 Å². The monoisotopic (exact) mass is 272 g/mol. The fourth-order valence-electron chi connectivity index (χ4n) is 1.18. The molecule has 0 saturated carbocycles. The van der Waals surface area contributed by atoms with Crippen LogP contribution in [0.3, 0.4) is 0 Å². The quantitative estimate of drug-likeness (QED) is 0.608. The van der Waals surface area contributed by atoms with E-state index >= 15 is 0 Å². The number of carboxylic acid groups (broad SMARTS) is 1. The van der Waals surface area contributed by atoms with Crippen LogP contribution < -0.4 is 5.32 Å². The lowest BCUT2D eigenvalue weighted by Gasteiger charge is -2.21. The number of carbonyl (C=O) groups excluding carboxylic acids is 1. The molecule has 1 rings (SSSR count). The third-order valence-electron chi connectivity index (χ3n) is 1.90. The summed E-state index contributed by atoms with van der Waals surface area (Å²) in [5, 5.41) is 26.0. The second-order valence-electron chi connectivity index (χ2n) is 4.73. The van der Waals surface area contributed by atoms with Crippen LogP contribution in [0.15, 0.2) is 0 Å². The third kappa shape index (κ3) is 4.54. The first-order chi connectivity index (χ1) is 8.73. The largest absolute Gasteiger partial charge is 0.475 e. The smallest absolute Gasteiger partial charge is 0.408 e. The van der Waals surface area contributed by atoms with Gasteiger partial charge in [0, 0.05) is 0 Å². The van der Waals surface area contributed by atoms with Gasteiger partial charge in [-0.3, -0.25) is 5.10 Å². The van der Waals surface area contributed by atoms with Gasteiger partial charge in [0.25, 0.3) is 5.82 Å². The van der Waals surface area contributed by atoms with Gasteiger partial charge in [0.1, 0.15) is 17.5 Å². The maximum atomic E-state index is 11.5. The van der Waals surface area contributed by atoms with Crippen molar-refractivity contribution in [3.63, 3.8) is 0 Å². The van der Waals surface area contributed by atoms with Gasteiger partial charge in [0.05, 0.1) is 6.61 Å². The first-order valence-electron chi connectivity index (χ1n) is 5.49. The van der Waals surface area contributed by atoms with Crippen molar-refractivity contribution in [1.82, 2.24) is 20.5 Å². The second-order valence-corrected chi connectivity index (χ2v) is 4.73. The summed E-state index contributed by atoms with van der Waals surface area (Å²) in [6.07, 6.45) is -0.750. The molecule has 1 amide bonds. The number of rotatable bonds is 4. The fraction of sp³-hybridized carbons (Fsp3) is 0.600. The zero-order valence-corrected chi connectivity index (χ0v) is 10.8. The highest BCUT2D eigenvalue weighted by atomic mass is 16.6. The van der Waals surface area contributed by atoms with E-state index in [1.54, 1.807) is 20.8 Å². The molecule has 1 aromatic heterocycles. The fourth-order valence-corrected chi connectivity index (χ4v) is 1.18. The first-order valence-corrected chi connectivity index (χ1v) is 5.49. The number of amides is 1. The lowest BCUT2D eigenvalue weighted by molar-refractivity contribution is 0.0478. The highest BCUT2D eigenvalue weighted by molar-refractivity contribution is 5.82. The van der Waals surface area contributed by atoms with E-state index in [1.165, 1.54) is 0 Å². The van der Waals surface area contributed by atoms with Crippen LogP contribution in [0.4, 0.5) is 4.79 Å². The third-order valence-corrected chi connectivity index (χ3v) is 1.90. The van der Waals surface area contributed by atoms with Gasteiger partial charge >= 0.3 is 12.1 Å². The lowest BCUT2D eigenvalue weighted by atomic mass is 10.2. The maximum absolute atomic E-state index is 11.5. The number of ether oxygens (including phenoxy) is 1. The van der Waals surface area contributed by atoms with Crippen LogP contribution in [0.1, 0.15) is 43.3 Å². The molecular weight excluding hydrogens is 256 g/mol. The Balaban J connectivity index is 2.72. The molecule has 0 bridgehead atoms. The summed E-state index contributed by atoms with van der Waals surface area (Å²) in [6, 6.07) is -0.921. The van der Waals surface area contributed by atoms with Gasteiger partial charge in [-0.05, 0) is 20.8 Å². The maximum Gasteiger partial charge on any atom is 0.408 e. The number of carboxylic acids is 1. The minimum Gasteiger partial charge on any atom is -0.475 e. The second kappa shape index (κ2) is 5.65. The van der Waals surface area contributed by atoms with Crippen molar-refractivity contribution in [2.75, 3.05) is 6.61 Å². The van der Waals surface area contributed by atoms with Gasteiger partial charge in [-0.1, -0.05) is 0 Å². The van der Waals surface area contributed by atoms with Crippen LogP contribution in [-0.2, 0) is 4.74 Å². The van der Waals surface area contributed by atoms with Crippen LogP contribution >= 0.6 is 0 Å². The van der Waals surface area contributed by atoms with E-state index in [9.17, 15) is 9.59 Å². The zero-order valence-electron chi connectivity index (χ0n) is 10.8. The number of hydrogen-bond acceptors (Lipinski definition) is 6. The summed E-state index contributed by atoms with van der Waals surface area (Å²) in [7, 11) is 0. The van der Waals surface area contributed by atoms with Crippen LogP contribution in [0.25, 0.3) is 0 Å². The van der Waals surface area contributed by atoms with Crippen molar-refractivity contribution in [2.45, 2.75) is 32.4 Å². The van der Waals surface area contributed by atoms with E-state index in [1.807, 2.05) is 0 Å². The molecule has 1 aromatic rings. The van der Waals surface area contributed by atoms with Gasteiger partial charge in [-0.15, -0.1) is 5.10 Å². The molecule has 9 nitrogen and oxygen atoms in total. The van der Waals surface area contributed by atoms with Crippen LogP contribution in [0, 0.1) is 0 Å². The molecule has 0 fully saturated rings. The van der Waals surface area contributed by atoms with Crippen molar-refractivity contribution in [3.8, 4) is 0 Å². The minimum absolute atomic E-state index is 0.0331. The molecule has 1 unspecified atom stereocenters. The van der Waals surface area contributed by atoms with E-state index in [-0.39, 0.29) is 5.82 Å². The Morgan fingerprint density at radius 3 is 2.53 bits per heavy atom. The van der Waals surface area contributed by atoms with Crippen molar-refractivity contribution in [3.05, 3.63) is 11.6 Å². The number of alkyl carbamates (subject to hydrolysis) is 1. The average Bonchev–Trinajstić information content (AvgIpc) is 2.72. The molecule has 4 N–H and O–H groups in total. The number of carbonyl (C=O) groups is 2. The molecule has 1 heterocycles. The van der Waals surface area contributed by atoms with E-state index < -0.39 is 36.1 Å². The molecule has 0 aliphatic rings. The summed E-state index contributed by atoms with van der Waals surface area (Å²) in [5.41, 5.74) is -0.683. The Bertz CT molecular complexity index is 465. The molecule has 0 aliphatic heterocycles. The Kier molecular flexibility index (Phi) is 4.43. The molecule has 0 spiro atoms. The number of H-pyrrole nitrogens is 1. The number of aromatic amines is 1. The lowest BCUT2D eigenvalue weighted by Crippen LogP contribution is -2.36. The number of aliphatic hydroxyl groups excluding tert-OH is 1. The van der Waals surface area contributed by atoms with Crippen LogP contribution in [0.5, 0.6) is 0 Å². The predicted octanol–water partition coefficient (Wildman–Crippen LogP) is 0.0610. The van der Waals surface area contributed by atoms with Crippen LogP contribution in [-0.4, -0.2) is 49.7 Å². The molecule has 0 aliphatic carbocycles. The Morgan fingerprint density at radius 1 is 1.47 bits per heavy atom. The highest BCUT2D eigenvalue weighted by Gasteiger charge is 2.23. The molecule has 0 saturated heterocycles. The van der Waals surface area contributed by atoms with Gasteiger partial charge < -0.3 is 20.3 Å². The van der Waals surface area contributed by atoms with Crippen molar-refractivity contribution in [2.24, 2.45) is 0 Å². The normalized spacial score (nSPS) is 12.8.